The van der Waals surface area contributed by atoms with Crippen LogP contribution in [0.15, 0.2) is 77.7 Å². The fourth-order valence-corrected chi connectivity index (χ4v) is 4.28. The van der Waals surface area contributed by atoms with Crippen molar-refractivity contribution in [2.24, 2.45) is 0 Å². The third-order valence-corrected chi connectivity index (χ3v) is 5.98. The molecule has 1 N–H and O–H groups in total. The van der Waals surface area contributed by atoms with Crippen molar-refractivity contribution >= 4 is 27.3 Å². The summed E-state index contributed by atoms with van der Waals surface area (Å²) in [5, 5.41) is 2.29. The molecule has 3 aromatic carbocycles. The number of carbonyl (C=O) groups is 1. The Hall–Kier alpha value is -3.26. The fraction of sp³-hybridized carbons (Fsp3) is 0.0952. The van der Waals surface area contributed by atoms with Crippen LogP contribution in [0.25, 0.3) is 0 Å². The lowest BCUT2D eigenvalue weighted by Gasteiger charge is -2.25. The molecule has 0 saturated heterocycles. The highest BCUT2D eigenvalue weighted by Gasteiger charge is 2.28. The minimum atomic E-state index is -4.06. The van der Waals surface area contributed by atoms with Crippen molar-refractivity contribution in [3.05, 3.63) is 90.0 Å². The highest BCUT2D eigenvalue weighted by atomic mass is 32.2. The number of rotatable bonds is 6. The van der Waals surface area contributed by atoms with Gasteiger partial charge in [0.05, 0.1) is 16.3 Å². The Kier molecular flexibility index (Phi) is 5.93. The number of nitrogens with zero attached hydrogens (tertiary/aromatic N) is 1. The van der Waals surface area contributed by atoms with Crippen LogP contribution in [0.5, 0.6) is 0 Å². The summed E-state index contributed by atoms with van der Waals surface area (Å²) in [7, 11) is -4.06. The van der Waals surface area contributed by atoms with Crippen LogP contribution in [0.1, 0.15) is 5.56 Å². The molecule has 0 unspecified atom stereocenters. The maximum absolute atomic E-state index is 13.8. The molecule has 0 bridgehead atoms. The Morgan fingerprint density at radius 2 is 1.62 bits per heavy atom. The van der Waals surface area contributed by atoms with Gasteiger partial charge >= 0.3 is 0 Å². The summed E-state index contributed by atoms with van der Waals surface area (Å²) < 4.78 is 54.3. The Morgan fingerprint density at radius 3 is 2.28 bits per heavy atom. The van der Waals surface area contributed by atoms with E-state index in [1.807, 2.05) is 0 Å². The summed E-state index contributed by atoms with van der Waals surface area (Å²) in [6, 6.07) is 17.1. The van der Waals surface area contributed by atoms with E-state index in [1.54, 1.807) is 49.4 Å². The van der Waals surface area contributed by atoms with Crippen LogP contribution in [0.3, 0.4) is 0 Å². The first-order valence-electron chi connectivity index (χ1n) is 8.67. The summed E-state index contributed by atoms with van der Waals surface area (Å²) in [6.07, 6.45) is 0. The molecular formula is C21H18F2N2O3S. The Labute approximate surface area is 167 Å². The summed E-state index contributed by atoms with van der Waals surface area (Å²) in [4.78, 5) is 12.6. The molecule has 29 heavy (non-hydrogen) atoms. The second-order valence-electron chi connectivity index (χ2n) is 6.28. The van der Waals surface area contributed by atoms with Gasteiger partial charge in [0, 0.05) is 6.07 Å². The molecule has 8 heteroatoms. The largest absolute Gasteiger partial charge is 0.322 e. The van der Waals surface area contributed by atoms with Gasteiger partial charge in [0.1, 0.15) is 18.2 Å². The van der Waals surface area contributed by atoms with E-state index in [1.165, 1.54) is 12.1 Å². The molecule has 150 valence electrons. The van der Waals surface area contributed by atoms with Crippen LogP contribution in [0, 0.1) is 18.6 Å². The van der Waals surface area contributed by atoms with Crippen LogP contribution < -0.4 is 9.62 Å². The SMILES string of the molecule is Cc1ccccc1N(CC(=O)Nc1ccc(F)cc1F)S(=O)(=O)c1ccccc1. The first kappa shape index (κ1) is 20.5. The van der Waals surface area contributed by atoms with Crippen molar-refractivity contribution in [3.8, 4) is 0 Å². The molecule has 5 nitrogen and oxygen atoms in total. The molecule has 0 fully saturated rings. The third-order valence-electron chi connectivity index (χ3n) is 4.21. The molecule has 1 amide bonds. The monoisotopic (exact) mass is 416 g/mol. The number of benzene rings is 3. The van der Waals surface area contributed by atoms with Gasteiger partial charge in [-0.05, 0) is 42.8 Å². The van der Waals surface area contributed by atoms with Crippen molar-refractivity contribution in [3.63, 3.8) is 0 Å². The van der Waals surface area contributed by atoms with E-state index in [4.69, 9.17) is 0 Å². The quantitative estimate of drug-likeness (QED) is 0.658. The lowest BCUT2D eigenvalue weighted by molar-refractivity contribution is -0.114. The van der Waals surface area contributed by atoms with E-state index in [0.29, 0.717) is 17.3 Å². The highest BCUT2D eigenvalue weighted by Crippen LogP contribution is 2.26. The van der Waals surface area contributed by atoms with Gasteiger partial charge in [0.25, 0.3) is 10.0 Å². The maximum Gasteiger partial charge on any atom is 0.264 e. The third kappa shape index (κ3) is 4.60. The van der Waals surface area contributed by atoms with Gasteiger partial charge < -0.3 is 5.32 Å². The van der Waals surface area contributed by atoms with Crippen molar-refractivity contribution in [2.75, 3.05) is 16.2 Å². The number of hydrogen-bond donors (Lipinski definition) is 1. The standard InChI is InChI=1S/C21H18F2N2O3S/c1-15-7-5-6-10-20(15)25(29(27,28)17-8-3-2-4-9-17)14-21(26)24-19-12-11-16(22)13-18(19)23/h2-13H,14H2,1H3,(H,24,26). The highest BCUT2D eigenvalue weighted by molar-refractivity contribution is 7.92. The minimum Gasteiger partial charge on any atom is -0.322 e. The van der Waals surface area contributed by atoms with E-state index in [-0.39, 0.29) is 10.6 Å². The van der Waals surface area contributed by atoms with Crippen LogP contribution >= 0.6 is 0 Å². The average molecular weight is 416 g/mol. The molecular weight excluding hydrogens is 398 g/mol. The molecule has 0 spiro atoms. The van der Waals surface area contributed by atoms with Crippen molar-refractivity contribution in [1.29, 1.82) is 0 Å². The van der Waals surface area contributed by atoms with Crippen LogP contribution in [0.2, 0.25) is 0 Å². The van der Waals surface area contributed by atoms with E-state index in [0.717, 1.165) is 16.4 Å². The van der Waals surface area contributed by atoms with Gasteiger partial charge in [-0.15, -0.1) is 0 Å². The molecule has 0 radical (unpaired) electrons. The normalized spacial score (nSPS) is 11.1. The van der Waals surface area contributed by atoms with Crippen LogP contribution in [-0.4, -0.2) is 20.9 Å². The zero-order chi connectivity index (χ0) is 21.0. The van der Waals surface area contributed by atoms with Gasteiger partial charge in [0.15, 0.2) is 0 Å². The Balaban J connectivity index is 1.96. The fourth-order valence-electron chi connectivity index (χ4n) is 2.77. The second-order valence-corrected chi connectivity index (χ2v) is 8.15. The molecule has 3 rings (SSSR count). The van der Waals surface area contributed by atoms with Gasteiger partial charge in [-0.1, -0.05) is 36.4 Å². The summed E-state index contributed by atoms with van der Waals surface area (Å²) in [5.74, 6) is -2.50. The van der Waals surface area contributed by atoms with Crippen LogP contribution in [0.4, 0.5) is 20.2 Å². The summed E-state index contributed by atoms with van der Waals surface area (Å²) >= 11 is 0. The number of aryl methyl sites for hydroxylation is 1. The summed E-state index contributed by atoms with van der Waals surface area (Å²) in [5.41, 5.74) is 0.733. The first-order valence-corrected chi connectivity index (χ1v) is 10.1. The minimum absolute atomic E-state index is 0.0176. The first-order chi connectivity index (χ1) is 13.8. The van der Waals surface area contributed by atoms with E-state index < -0.39 is 34.1 Å². The van der Waals surface area contributed by atoms with Crippen molar-refractivity contribution < 1.29 is 22.0 Å². The number of para-hydroxylation sites is 1. The molecule has 0 aliphatic heterocycles. The molecule has 0 saturated carbocycles. The van der Waals surface area contributed by atoms with E-state index in [2.05, 4.69) is 5.32 Å². The Bertz CT molecular complexity index is 1140. The van der Waals surface area contributed by atoms with E-state index >= 15 is 0 Å². The predicted octanol–water partition coefficient (Wildman–Crippen LogP) is 4.11. The number of amides is 1. The number of nitrogens with one attached hydrogen (secondary N) is 1. The number of anilines is 2. The number of halogens is 2. The van der Waals surface area contributed by atoms with Gasteiger partial charge in [-0.2, -0.15) is 0 Å². The van der Waals surface area contributed by atoms with E-state index in [9.17, 15) is 22.0 Å². The van der Waals surface area contributed by atoms with Gasteiger partial charge in [-0.3, -0.25) is 9.10 Å². The number of hydrogen-bond acceptors (Lipinski definition) is 3. The molecule has 0 aromatic heterocycles. The number of sulfonamides is 1. The smallest absolute Gasteiger partial charge is 0.264 e. The molecule has 0 aliphatic rings. The second kappa shape index (κ2) is 8.40. The topological polar surface area (TPSA) is 66.5 Å². The predicted molar refractivity (Wildman–Crippen MR) is 107 cm³/mol. The van der Waals surface area contributed by atoms with Crippen molar-refractivity contribution in [1.82, 2.24) is 0 Å². The number of carbonyl (C=O) groups excluding carboxylic acids is 1. The average Bonchev–Trinajstić information content (AvgIpc) is 2.69. The Morgan fingerprint density at radius 1 is 0.966 bits per heavy atom. The molecule has 0 atom stereocenters. The van der Waals surface area contributed by atoms with Crippen LogP contribution in [-0.2, 0) is 14.8 Å². The van der Waals surface area contributed by atoms with Gasteiger partial charge in [-0.25, -0.2) is 17.2 Å². The van der Waals surface area contributed by atoms with Crippen molar-refractivity contribution in [2.45, 2.75) is 11.8 Å². The lowest BCUT2D eigenvalue weighted by Crippen LogP contribution is -2.38. The maximum atomic E-state index is 13.8. The molecule has 0 aliphatic carbocycles. The zero-order valence-corrected chi connectivity index (χ0v) is 16.3. The summed E-state index contributed by atoms with van der Waals surface area (Å²) in [6.45, 7) is 1.14. The van der Waals surface area contributed by atoms with Gasteiger partial charge in [0.2, 0.25) is 5.91 Å². The lowest BCUT2D eigenvalue weighted by atomic mass is 10.2. The molecule has 3 aromatic rings. The molecule has 0 heterocycles. The zero-order valence-electron chi connectivity index (χ0n) is 15.5.